The first-order chi connectivity index (χ1) is 14.4. The summed E-state index contributed by atoms with van der Waals surface area (Å²) < 4.78 is 37.0. The van der Waals surface area contributed by atoms with Crippen LogP contribution in [0.25, 0.3) is 11.4 Å². The normalized spacial score (nSPS) is 12.0. The number of amides is 1. The second kappa shape index (κ2) is 9.91. The largest absolute Gasteiger partial charge is 0.491 e. The molecule has 2 aromatic heterocycles. The maximum absolute atomic E-state index is 13.5. The van der Waals surface area contributed by atoms with Crippen molar-refractivity contribution in [1.82, 2.24) is 20.4 Å². The summed E-state index contributed by atoms with van der Waals surface area (Å²) in [6, 6.07) is 6.21. The minimum atomic E-state index is -0.778. The third-order valence-electron chi connectivity index (χ3n) is 4.31. The fraction of sp³-hybridized carbons (Fsp3) is 0.333. The summed E-state index contributed by atoms with van der Waals surface area (Å²) in [5.41, 5.74) is 0.714. The highest BCUT2D eigenvalue weighted by molar-refractivity contribution is 5.76. The van der Waals surface area contributed by atoms with Gasteiger partial charge in [-0.05, 0) is 36.6 Å². The number of halogens is 2. The van der Waals surface area contributed by atoms with E-state index >= 15 is 0 Å². The highest BCUT2D eigenvalue weighted by atomic mass is 19.1. The Kier molecular flexibility index (Phi) is 7.05. The van der Waals surface area contributed by atoms with E-state index in [1.54, 1.807) is 18.5 Å². The Bertz CT molecular complexity index is 979. The topological polar surface area (TPSA) is 90.1 Å². The molecule has 0 bridgehead atoms. The highest BCUT2D eigenvalue weighted by Gasteiger charge is 2.24. The molecule has 0 spiro atoms. The fourth-order valence-electron chi connectivity index (χ4n) is 2.74. The van der Waals surface area contributed by atoms with Crippen molar-refractivity contribution >= 4 is 5.91 Å². The van der Waals surface area contributed by atoms with Crippen molar-refractivity contribution in [3.8, 4) is 17.1 Å². The third kappa shape index (κ3) is 5.59. The number of hydrogen-bond acceptors (Lipinski definition) is 6. The lowest BCUT2D eigenvalue weighted by Crippen LogP contribution is -2.32. The molecule has 1 N–H and O–H groups in total. The number of hydrogen-bond donors (Lipinski definition) is 1. The molecular formula is C21H22F2N4O3. The van der Waals surface area contributed by atoms with Crippen LogP contribution in [0.15, 0.2) is 47.2 Å². The molecule has 30 heavy (non-hydrogen) atoms. The molecule has 1 unspecified atom stereocenters. The summed E-state index contributed by atoms with van der Waals surface area (Å²) in [5.74, 6) is -1.01. The summed E-state index contributed by atoms with van der Waals surface area (Å²) in [6.07, 6.45) is 3.80. The van der Waals surface area contributed by atoms with E-state index < -0.39 is 17.7 Å². The van der Waals surface area contributed by atoms with Crippen molar-refractivity contribution in [1.29, 1.82) is 0 Å². The van der Waals surface area contributed by atoms with Crippen molar-refractivity contribution in [3.63, 3.8) is 0 Å². The Labute approximate surface area is 172 Å². The maximum Gasteiger partial charge on any atom is 0.249 e. The maximum atomic E-state index is 13.5. The van der Waals surface area contributed by atoms with E-state index in [-0.39, 0.29) is 30.6 Å². The second-order valence-electron chi connectivity index (χ2n) is 7.01. The van der Waals surface area contributed by atoms with Gasteiger partial charge in [-0.15, -0.1) is 0 Å². The summed E-state index contributed by atoms with van der Waals surface area (Å²) in [7, 11) is 0. The standard InChI is InChI=1S/C21H22F2N4O3/c1-13(2)19(21-26-20(27-30-21)14-5-3-9-24-12-14)25-18(28)6-4-10-29-17-8-7-15(22)11-16(17)23/h3,5,7-9,11-13,19H,4,6,10H2,1-2H3,(H,25,28). The first-order valence-corrected chi connectivity index (χ1v) is 9.55. The van der Waals surface area contributed by atoms with Gasteiger partial charge in [-0.1, -0.05) is 19.0 Å². The molecule has 0 saturated carbocycles. The van der Waals surface area contributed by atoms with Crippen LogP contribution in [-0.4, -0.2) is 27.6 Å². The van der Waals surface area contributed by atoms with Gasteiger partial charge >= 0.3 is 0 Å². The SMILES string of the molecule is CC(C)C(NC(=O)CCCOc1ccc(F)cc1F)c1nc(-c2cccnc2)no1. The molecule has 0 aliphatic rings. The quantitative estimate of drug-likeness (QED) is 0.529. The molecule has 1 aromatic carbocycles. The number of ether oxygens (including phenoxy) is 1. The molecule has 3 rings (SSSR count). The van der Waals surface area contributed by atoms with Gasteiger partial charge in [-0.25, -0.2) is 8.78 Å². The molecule has 0 radical (unpaired) electrons. The van der Waals surface area contributed by atoms with Gasteiger partial charge in [-0.3, -0.25) is 9.78 Å². The van der Waals surface area contributed by atoms with E-state index in [1.807, 2.05) is 19.9 Å². The molecular weight excluding hydrogens is 394 g/mol. The van der Waals surface area contributed by atoms with Gasteiger partial charge in [0.15, 0.2) is 11.6 Å². The lowest BCUT2D eigenvalue weighted by Gasteiger charge is -2.18. The third-order valence-corrected chi connectivity index (χ3v) is 4.31. The Morgan fingerprint density at radius 3 is 2.80 bits per heavy atom. The van der Waals surface area contributed by atoms with Crippen LogP contribution in [0.3, 0.4) is 0 Å². The Balaban J connectivity index is 1.52. The Morgan fingerprint density at radius 1 is 1.27 bits per heavy atom. The summed E-state index contributed by atoms with van der Waals surface area (Å²) in [6.45, 7) is 3.98. The van der Waals surface area contributed by atoms with Gasteiger partial charge in [0.2, 0.25) is 17.6 Å². The van der Waals surface area contributed by atoms with Crippen LogP contribution in [0.1, 0.15) is 38.6 Å². The zero-order chi connectivity index (χ0) is 21.5. The monoisotopic (exact) mass is 416 g/mol. The number of benzene rings is 1. The van der Waals surface area contributed by atoms with Crippen LogP contribution in [0.4, 0.5) is 8.78 Å². The molecule has 0 aliphatic heterocycles. The average Bonchev–Trinajstić information content (AvgIpc) is 3.21. The highest BCUT2D eigenvalue weighted by Crippen LogP contribution is 2.23. The van der Waals surface area contributed by atoms with Crippen molar-refractivity contribution in [2.75, 3.05) is 6.61 Å². The molecule has 0 aliphatic carbocycles. The van der Waals surface area contributed by atoms with Crippen LogP contribution in [-0.2, 0) is 4.79 Å². The van der Waals surface area contributed by atoms with Crippen molar-refractivity contribution < 1.29 is 22.8 Å². The van der Waals surface area contributed by atoms with E-state index in [2.05, 4.69) is 20.4 Å². The van der Waals surface area contributed by atoms with Crippen LogP contribution >= 0.6 is 0 Å². The minimum Gasteiger partial charge on any atom is -0.491 e. The smallest absolute Gasteiger partial charge is 0.249 e. The van der Waals surface area contributed by atoms with Gasteiger partial charge in [0.1, 0.15) is 11.9 Å². The van der Waals surface area contributed by atoms with Gasteiger partial charge in [0.05, 0.1) is 6.61 Å². The fourth-order valence-corrected chi connectivity index (χ4v) is 2.74. The van der Waals surface area contributed by atoms with Crippen molar-refractivity contribution in [3.05, 3.63) is 60.3 Å². The number of aromatic nitrogens is 3. The molecule has 0 saturated heterocycles. The summed E-state index contributed by atoms with van der Waals surface area (Å²) >= 11 is 0. The predicted octanol–water partition coefficient (Wildman–Crippen LogP) is 4.08. The molecule has 158 valence electrons. The number of carbonyl (C=O) groups is 1. The van der Waals surface area contributed by atoms with E-state index in [0.717, 1.165) is 12.1 Å². The first kappa shape index (κ1) is 21.4. The zero-order valence-corrected chi connectivity index (χ0v) is 16.6. The average molecular weight is 416 g/mol. The molecule has 1 atom stereocenters. The van der Waals surface area contributed by atoms with Crippen LogP contribution in [0, 0.1) is 17.6 Å². The Hall–Kier alpha value is -3.36. The van der Waals surface area contributed by atoms with Crippen LogP contribution in [0.5, 0.6) is 5.75 Å². The van der Waals surface area contributed by atoms with Gasteiger partial charge < -0.3 is 14.6 Å². The Morgan fingerprint density at radius 2 is 2.10 bits per heavy atom. The van der Waals surface area contributed by atoms with Crippen LogP contribution in [0.2, 0.25) is 0 Å². The molecule has 3 aromatic rings. The zero-order valence-electron chi connectivity index (χ0n) is 16.6. The lowest BCUT2D eigenvalue weighted by atomic mass is 10.0. The number of rotatable bonds is 9. The van der Waals surface area contributed by atoms with E-state index in [4.69, 9.17) is 9.26 Å². The minimum absolute atomic E-state index is 0.0145. The molecule has 9 heteroatoms. The lowest BCUT2D eigenvalue weighted by molar-refractivity contribution is -0.122. The number of nitrogens with one attached hydrogen (secondary N) is 1. The van der Waals surface area contributed by atoms with Gasteiger partial charge in [-0.2, -0.15) is 4.98 Å². The number of carbonyl (C=O) groups excluding carboxylic acids is 1. The molecule has 7 nitrogen and oxygen atoms in total. The number of nitrogens with zero attached hydrogens (tertiary/aromatic N) is 3. The molecule has 0 fully saturated rings. The molecule has 2 heterocycles. The first-order valence-electron chi connectivity index (χ1n) is 9.55. The summed E-state index contributed by atoms with van der Waals surface area (Å²) in [5, 5.41) is 6.85. The van der Waals surface area contributed by atoms with E-state index in [9.17, 15) is 13.6 Å². The summed E-state index contributed by atoms with van der Waals surface area (Å²) in [4.78, 5) is 20.7. The van der Waals surface area contributed by atoms with Gasteiger partial charge in [0, 0.05) is 30.4 Å². The van der Waals surface area contributed by atoms with Crippen molar-refractivity contribution in [2.45, 2.75) is 32.7 Å². The molecule has 1 amide bonds. The van der Waals surface area contributed by atoms with Crippen LogP contribution < -0.4 is 10.1 Å². The second-order valence-corrected chi connectivity index (χ2v) is 7.01. The predicted molar refractivity (Wildman–Crippen MR) is 104 cm³/mol. The van der Waals surface area contributed by atoms with Gasteiger partial charge in [0.25, 0.3) is 0 Å². The van der Waals surface area contributed by atoms with Crippen molar-refractivity contribution in [2.24, 2.45) is 5.92 Å². The number of pyridine rings is 1. The van der Waals surface area contributed by atoms with E-state index in [0.29, 0.717) is 23.7 Å². The van der Waals surface area contributed by atoms with E-state index in [1.165, 1.54) is 6.07 Å².